The average Bonchev–Trinajstić information content (AvgIpc) is 2.85. The topological polar surface area (TPSA) is 90.4 Å². The summed E-state index contributed by atoms with van der Waals surface area (Å²) in [7, 11) is 1.49. The molecule has 1 aromatic carbocycles. The van der Waals surface area contributed by atoms with Gasteiger partial charge in [-0.25, -0.2) is 4.98 Å². The second-order valence-electron chi connectivity index (χ2n) is 3.97. The van der Waals surface area contributed by atoms with Crippen molar-refractivity contribution in [2.75, 3.05) is 12.4 Å². The SMILES string of the molecule is COc1cccc(C(N)=S)c1NC(=O)c1ocnc1C. The van der Waals surface area contributed by atoms with Crippen LogP contribution in [0.4, 0.5) is 5.69 Å². The summed E-state index contributed by atoms with van der Waals surface area (Å²) in [6.45, 7) is 1.68. The molecule has 0 aliphatic rings. The molecular formula is C13H13N3O3S. The number of para-hydroxylation sites is 1. The zero-order chi connectivity index (χ0) is 14.7. The highest BCUT2D eigenvalue weighted by atomic mass is 32.1. The highest BCUT2D eigenvalue weighted by molar-refractivity contribution is 7.80. The number of anilines is 1. The summed E-state index contributed by atoms with van der Waals surface area (Å²) in [6, 6.07) is 5.14. The molecule has 104 valence electrons. The normalized spacial score (nSPS) is 10.1. The average molecular weight is 291 g/mol. The van der Waals surface area contributed by atoms with Crippen LogP contribution in [0.1, 0.15) is 21.8 Å². The van der Waals surface area contributed by atoms with E-state index in [1.54, 1.807) is 25.1 Å². The standard InChI is InChI=1S/C13H13N3O3S/c1-7-11(19-6-15-7)13(17)16-10-8(12(14)20)4-3-5-9(10)18-2/h3-6H,1-2H3,(H2,14,20)(H,16,17). The van der Waals surface area contributed by atoms with Gasteiger partial charge in [0, 0.05) is 5.56 Å². The zero-order valence-corrected chi connectivity index (χ0v) is 11.8. The van der Waals surface area contributed by atoms with Gasteiger partial charge < -0.3 is 20.2 Å². The Hall–Kier alpha value is -2.41. The zero-order valence-electron chi connectivity index (χ0n) is 11.0. The summed E-state index contributed by atoms with van der Waals surface area (Å²) in [4.78, 5) is 16.2. The van der Waals surface area contributed by atoms with Crippen LogP contribution in [0.5, 0.6) is 5.75 Å². The van der Waals surface area contributed by atoms with Gasteiger partial charge in [0.25, 0.3) is 5.91 Å². The lowest BCUT2D eigenvalue weighted by Gasteiger charge is -2.13. The Kier molecular flexibility index (Phi) is 3.99. The van der Waals surface area contributed by atoms with E-state index in [9.17, 15) is 4.79 Å². The maximum absolute atomic E-state index is 12.2. The lowest BCUT2D eigenvalue weighted by atomic mass is 10.1. The molecule has 0 saturated carbocycles. The largest absolute Gasteiger partial charge is 0.495 e. The van der Waals surface area contributed by atoms with Gasteiger partial charge in [-0.1, -0.05) is 18.3 Å². The first-order chi connectivity index (χ1) is 9.54. The third-order valence-electron chi connectivity index (χ3n) is 2.70. The summed E-state index contributed by atoms with van der Waals surface area (Å²) in [5, 5.41) is 2.69. The highest BCUT2D eigenvalue weighted by Gasteiger charge is 2.19. The van der Waals surface area contributed by atoms with Crippen LogP contribution in [0.2, 0.25) is 0 Å². The van der Waals surface area contributed by atoms with Gasteiger partial charge in [-0.3, -0.25) is 4.79 Å². The molecule has 6 nitrogen and oxygen atoms in total. The maximum atomic E-state index is 12.2. The van der Waals surface area contributed by atoms with Crippen molar-refractivity contribution in [3.05, 3.63) is 41.6 Å². The molecule has 2 rings (SSSR count). The van der Waals surface area contributed by atoms with E-state index in [4.69, 9.17) is 27.1 Å². The van der Waals surface area contributed by atoms with Crippen LogP contribution >= 0.6 is 12.2 Å². The summed E-state index contributed by atoms with van der Waals surface area (Å²) in [6.07, 6.45) is 1.21. The molecule has 0 saturated heterocycles. The first-order valence-corrected chi connectivity index (χ1v) is 6.13. The van der Waals surface area contributed by atoms with Crippen LogP contribution in [-0.2, 0) is 0 Å². The van der Waals surface area contributed by atoms with Crippen LogP contribution in [0.3, 0.4) is 0 Å². The van der Waals surface area contributed by atoms with Crippen LogP contribution in [0.25, 0.3) is 0 Å². The molecule has 0 bridgehead atoms. The minimum atomic E-state index is -0.443. The fourth-order valence-corrected chi connectivity index (χ4v) is 1.90. The van der Waals surface area contributed by atoms with E-state index >= 15 is 0 Å². The molecule has 0 atom stereocenters. The number of ether oxygens (including phenoxy) is 1. The predicted molar refractivity (Wildman–Crippen MR) is 78.1 cm³/mol. The molecule has 0 aliphatic heterocycles. The number of rotatable bonds is 4. The van der Waals surface area contributed by atoms with Crippen LogP contribution in [0, 0.1) is 6.92 Å². The van der Waals surface area contributed by atoms with Gasteiger partial charge in [-0.2, -0.15) is 0 Å². The number of nitrogens with two attached hydrogens (primary N) is 1. The van der Waals surface area contributed by atoms with Crippen molar-refractivity contribution in [3.8, 4) is 5.75 Å². The van der Waals surface area contributed by atoms with Gasteiger partial charge in [-0.05, 0) is 19.1 Å². The number of hydrogen-bond acceptors (Lipinski definition) is 5. The Bertz CT molecular complexity index is 667. The number of carbonyl (C=O) groups excluding carboxylic acids is 1. The molecule has 0 fully saturated rings. The van der Waals surface area contributed by atoms with E-state index in [-0.39, 0.29) is 10.7 Å². The van der Waals surface area contributed by atoms with Crippen molar-refractivity contribution >= 4 is 28.8 Å². The lowest BCUT2D eigenvalue weighted by Crippen LogP contribution is -2.18. The van der Waals surface area contributed by atoms with Gasteiger partial charge in [-0.15, -0.1) is 0 Å². The first-order valence-electron chi connectivity index (χ1n) is 5.72. The molecule has 3 N–H and O–H groups in total. The summed E-state index contributed by atoms with van der Waals surface area (Å²) < 4.78 is 10.3. The number of amides is 1. The number of nitrogens with one attached hydrogen (secondary N) is 1. The Morgan fingerprint density at radius 3 is 2.80 bits per heavy atom. The van der Waals surface area contributed by atoms with E-state index in [1.807, 2.05) is 0 Å². The molecule has 1 aromatic heterocycles. The quantitative estimate of drug-likeness (QED) is 0.836. The molecule has 0 radical (unpaired) electrons. The Balaban J connectivity index is 2.40. The predicted octanol–water partition coefficient (Wildman–Crippen LogP) is 1.88. The fourth-order valence-electron chi connectivity index (χ4n) is 1.73. The summed E-state index contributed by atoms with van der Waals surface area (Å²) >= 11 is 4.97. The summed E-state index contributed by atoms with van der Waals surface area (Å²) in [5.74, 6) is 0.146. The van der Waals surface area contributed by atoms with Crippen LogP contribution < -0.4 is 15.8 Å². The number of aryl methyl sites for hydroxylation is 1. The molecule has 1 heterocycles. The van der Waals surface area contributed by atoms with Gasteiger partial charge in [0.1, 0.15) is 10.7 Å². The first kappa shape index (κ1) is 14.0. The molecule has 7 heteroatoms. The van der Waals surface area contributed by atoms with E-state index in [0.29, 0.717) is 22.7 Å². The molecular weight excluding hydrogens is 278 g/mol. The van der Waals surface area contributed by atoms with Crippen molar-refractivity contribution in [1.29, 1.82) is 0 Å². The minimum Gasteiger partial charge on any atom is -0.495 e. The number of carbonyl (C=O) groups is 1. The minimum absolute atomic E-state index is 0.129. The molecule has 2 aromatic rings. The second-order valence-corrected chi connectivity index (χ2v) is 4.41. The second kappa shape index (κ2) is 5.70. The smallest absolute Gasteiger partial charge is 0.293 e. The number of aromatic nitrogens is 1. The van der Waals surface area contributed by atoms with Crippen LogP contribution in [-0.4, -0.2) is 23.0 Å². The van der Waals surface area contributed by atoms with E-state index in [1.165, 1.54) is 13.5 Å². The Morgan fingerprint density at radius 2 is 2.25 bits per heavy atom. The number of benzene rings is 1. The van der Waals surface area contributed by atoms with Crippen molar-refractivity contribution in [2.45, 2.75) is 6.92 Å². The third-order valence-corrected chi connectivity index (χ3v) is 2.92. The van der Waals surface area contributed by atoms with Gasteiger partial charge in [0.2, 0.25) is 5.76 Å². The molecule has 1 amide bonds. The molecule has 0 aliphatic carbocycles. The monoisotopic (exact) mass is 291 g/mol. The van der Waals surface area contributed by atoms with Gasteiger partial charge >= 0.3 is 0 Å². The number of nitrogens with zero attached hydrogens (tertiary/aromatic N) is 1. The maximum Gasteiger partial charge on any atom is 0.293 e. The van der Waals surface area contributed by atoms with Crippen molar-refractivity contribution in [3.63, 3.8) is 0 Å². The van der Waals surface area contributed by atoms with Gasteiger partial charge in [0.05, 0.1) is 18.5 Å². The van der Waals surface area contributed by atoms with Crippen LogP contribution in [0.15, 0.2) is 29.0 Å². The number of hydrogen-bond donors (Lipinski definition) is 2. The number of methoxy groups -OCH3 is 1. The Morgan fingerprint density at radius 1 is 1.50 bits per heavy atom. The van der Waals surface area contributed by atoms with Crippen molar-refractivity contribution in [2.24, 2.45) is 5.73 Å². The third kappa shape index (κ3) is 2.62. The van der Waals surface area contributed by atoms with Crippen molar-refractivity contribution in [1.82, 2.24) is 4.98 Å². The van der Waals surface area contributed by atoms with E-state index < -0.39 is 5.91 Å². The van der Waals surface area contributed by atoms with E-state index in [0.717, 1.165) is 0 Å². The van der Waals surface area contributed by atoms with E-state index in [2.05, 4.69) is 10.3 Å². The molecule has 0 spiro atoms. The summed E-state index contributed by atoms with van der Waals surface area (Å²) in [5.41, 5.74) is 7.07. The molecule has 20 heavy (non-hydrogen) atoms. The van der Waals surface area contributed by atoms with Crippen molar-refractivity contribution < 1.29 is 13.9 Å². The van der Waals surface area contributed by atoms with Gasteiger partial charge in [0.15, 0.2) is 6.39 Å². The lowest BCUT2D eigenvalue weighted by molar-refractivity contribution is 0.0995. The Labute approximate surface area is 120 Å². The molecule has 0 unspecified atom stereocenters. The fraction of sp³-hybridized carbons (Fsp3) is 0.154. The number of oxazole rings is 1. The number of thiocarbonyl (C=S) groups is 1. The highest BCUT2D eigenvalue weighted by Crippen LogP contribution is 2.29.